The molecule has 2 aromatic rings. The molecule has 1 heterocycles. The summed E-state index contributed by atoms with van der Waals surface area (Å²) in [7, 11) is 1.97. The van der Waals surface area contributed by atoms with E-state index in [9.17, 15) is 9.50 Å². The van der Waals surface area contributed by atoms with Crippen LogP contribution in [0.15, 0.2) is 24.3 Å². The molecule has 0 saturated heterocycles. The van der Waals surface area contributed by atoms with E-state index in [0.29, 0.717) is 18.7 Å². The molecule has 0 saturated carbocycles. The predicted molar refractivity (Wildman–Crippen MR) is 89.6 cm³/mol. The van der Waals surface area contributed by atoms with Gasteiger partial charge < -0.3 is 10.4 Å². The number of hydrogen-bond donors (Lipinski definition) is 2. The third-order valence-electron chi connectivity index (χ3n) is 4.26. The summed E-state index contributed by atoms with van der Waals surface area (Å²) in [6.07, 6.45) is 1.81. The number of nitrogens with one attached hydrogen (secondary N) is 1. The van der Waals surface area contributed by atoms with Gasteiger partial charge in [-0.2, -0.15) is 5.10 Å². The van der Waals surface area contributed by atoms with Crippen molar-refractivity contribution in [2.75, 3.05) is 6.54 Å². The van der Waals surface area contributed by atoms with Crippen molar-refractivity contribution >= 4 is 0 Å². The summed E-state index contributed by atoms with van der Waals surface area (Å²) in [6, 6.07) is 5.98. The molecule has 2 N–H and O–H groups in total. The van der Waals surface area contributed by atoms with E-state index >= 15 is 0 Å². The molecular weight excluding hydrogens is 293 g/mol. The van der Waals surface area contributed by atoms with E-state index in [1.165, 1.54) is 23.4 Å². The first-order valence-corrected chi connectivity index (χ1v) is 8.11. The van der Waals surface area contributed by atoms with Gasteiger partial charge in [0, 0.05) is 31.4 Å². The van der Waals surface area contributed by atoms with Crippen LogP contribution in [0.5, 0.6) is 0 Å². The quantitative estimate of drug-likeness (QED) is 0.825. The van der Waals surface area contributed by atoms with Gasteiger partial charge in [-0.3, -0.25) is 4.68 Å². The smallest absolute Gasteiger partial charge is 0.123 e. The van der Waals surface area contributed by atoms with Crippen molar-refractivity contribution in [2.24, 2.45) is 7.05 Å². The number of halogens is 1. The molecule has 0 bridgehead atoms. The molecule has 4 nitrogen and oxygen atoms in total. The molecule has 0 amide bonds. The van der Waals surface area contributed by atoms with Crippen LogP contribution in [0, 0.1) is 5.82 Å². The normalized spacial score (nSPS) is 14.0. The maximum absolute atomic E-state index is 13.0. The lowest BCUT2D eigenvalue weighted by Gasteiger charge is -2.24. The summed E-state index contributed by atoms with van der Waals surface area (Å²) in [5, 5.41) is 18.5. The van der Waals surface area contributed by atoms with Crippen LogP contribution in [0.1, 0.15) is 43.3 Å². The van der Waals surface area contributed by atoms with Gasteiger partial charge in [0.05, 0.1) is 11.3 Å². The first kappa shape index (κ1) is 17.6. The Balaban J connectivity index is 2.05. The van der Waals surface area contributed by atoms with Crippen molar-refractivity contribution in [1.29, 1.82) is 0 Å². The van der Waals surface area contributed by atoms with Gasteiger partial charge in [-0.1, -0.05) is 26.0 Å². The number of aliphatic hydroxyl groups is 1. The van der Waals surface area contributed by atoms with Gasteiger partial charge in [0.1, 0.15) is 5.82 Å². The van der Waals surface area contributed by atoms with Gasteiger partial charge in [-0.15, -0.1) is 0 Å². The van der Waals surface area contributed by atoms with E-state index < -0.39 is 5.60 Å². The maximum Gasteiger partial charge on any atom is 0.123 e. The summed E-state index contributed by atoms with van der Waals surface area (Å²) < 4.78 is 14.9. The molecule has 1 aromatic carbocycles. The minimum absolute atomic E-state index is 0.298. The second kappa shape index (κ2) is 7.23. The molecule has 2 rings (SSSR count). The van der Waals surface area contributed by atoms with Crippen molar-refractivity contribution in [3.8, 4) is 0 Å². The Morgan fingerprint density at radius 1 is 1.22 bits per heavy atom. The van der Waals surface area contributed by atoms with E-state index in [0.717, 1.165) is 18.5 Å². The molecule has 5 heteroatoms. The number of nitrogens with zero attached hydrogens (tertiary/aromatic N) is 2. The Bertz CT molecular complexity index is 647. The minimum Gasteiger partial charge on any atom is -0.384 e. The van der Waals surface area contributed by atoms with Crippen molar-refractivity contribution in [3.05, 3.63) is 52.6 Å². The molecule has 0 aliphatic heterocycles. The highest BCUT2D eigenvalue weighted by atomic mass is 19.1. The fourth-order valence-electron chi connectivity index (χ4n) is 2.94. The molecule has 0 aliphatic carbocycles. The van der Waals surface area contributed by atoms with Crippen LogP contribution < -0.4 is 5.32 Å². The van der Waals surface area contributed by atoms with Crippen LogP contribution in [-0.4, -0.2) is 21.4 Å². The maximum atomic E-state index is 13.0. The molecule has 1 atom stereocenters. The Kier molecular flexibility index (Phi) is 5.55. The van der Waals surface area contributed by atoms with Gasteiger partial charge in [-0.05, 0) is 37.5 Å². The monoisotopic (exact) mass is 319 g/mol. The van der Waals surface area contributed by atoms with Crippen LogP contribution in [0.25, 0.3) is 0 Å². The first-order chi connectivity index (χ1) is 10.9. The van der Waals surface area contributed by atoms with E-state index in [-0.39, 0.29) is 5.82 Å². The second-order valence-corrected chi connectivity index (χ2v) is 6.09. The Hall–Kier alpha value is -1.72. The highest BCUT2D eigenvalue weighted by Gasteiger charge is 2.23. The number of hydrogen-bond acceptors (Lipinski definition) is 3. The molecule has 0 fully saturated rings. The van der Waals surface area contributed by atoms with E-state index in [2.05, 4.69) is 24.3 Å². The summed E-state index contributed by atoms with van der Waals surface area (Å²) in [4.78, 5) is 0. The van der Waals surface area contributed by atoms with Crippen molar-refractivity contribution in [1.82, 2.24) is 15.1 Å². The molecule has 0 aliphatic rings. The summed E-state index contributed by atoms with van der Waals surface area (Å²) in [6.45, 7) is 7.00. The number of aromatic nitrogens is 2. The van der Waals surface area contributed by atoms with E-state index in [1.54, 1.807) is 19.1 Å². The first-order valence-electron chi connectivity index (χ1n) is 8.11. The fourth-order valence-corrected chi connectivity index (χ4v) is 2.94. The standard InChI is InChI=1S/C18H26FN3O/c1-5-16-15(17(6-2)22(4)21-16)11-20-12-18(3,23)13-7-9-14(19)10-8-13/h7-10,20,23H,5-6,11-12H2,1-4H3. The molecule has 23 heavy (non-hydrogen) atoms. The number of benzene rings is 1. The summed E-state index contributed by atoms with van der Waals surface area (Å²) >= 11 is 0. The lowest BCUT2D eigenvalue weighted by Crippen LogP contribution is -2.35. The van der Waals surface area contributed by atoms with Crippen LogP contribution in [0.2, 0.25) is 0 Å². The van der Waals surface area contributed by atoms with Gasteiger partial charge in [0.15, 0.2) is 0 Å². The number of rotatable bonds is 7. The van der Waals surface area contributed by atoms with E-state index in [1.807, 2.05) is 11.7 Å². The Morgan fingerprint density at radius 3 is 2.43 bits per heavy atom. The van der Waals surface area contributed by atoms with Crippen LogP contribution in [0.3, 0.4) is 0 Å². The van der Waals surface area contributed by atoms with Crippen molar-refractivity contribution in [2.45, 2.75) is 45.8 Å². The van der Waals surface area contributed by atoms with Crippen molar-refractivity contribution < 1.29 is 9.50 Å². The predicted octanol–water partition coefficient (Wildman–Crippen LogP) is 2.68. The average molecular weight is 319 g/mol. The van der Waals surface area contributed by atoms with Crippen LogP contribution in [0.4, 0.5) is 4.39 Å². The third kappa shape index (κ3) is 3.98. The molecule has 0 radical (unpaired) electrons. The molecular formula is C18H26FN3O. The Morgan fingerprint density at radius 2 is 1.87 bits per heavy atom. The van der Waals surface area contributed by atoms with E-state index in [4.69, 9.17) is 0 Å². The minimum atomic E-state index is -1.05. The molecule has 0 spiro atoms. The number of aryl methyl sites for hydroxylation is 2. The Labute approximate surface area is 137 Å². The molecule has 1 aromatic heterocycles. The van der Waals surface area contributed by atoms with Crippen molar-refractivity contribution in [3.63, 3.8) is 0 Å². The summed E-state index contributed by atoms with van der Waals surface area (Å²) in [5.41, 5.74) is 3.18. The zero-order valence-electron chi connectivity index (χ0n) is 14.4. The second-order valence-electron chi connectivity index (χ2n) is 6.09. The zero-order chi connectivity index (χ0) is 17.0. The fraction of sp³-hybridized carbons (Fsp3) is 0.500. The molecule has 1 unspecified atom stereocenters. The molecule has 126 valence electrons. The third-order valence-corrected chi connectivity index (χ3v) is 4.26. The van der Waals surface area contributed by atoms with Gasteiger partial charge in [0.25, 0.3) is 0 Å². The van der Waals surface area contributed by atoms with Crippen LogP contribution in [-0.2, 0) is 32.0 Å². The lowest BCUT2D eigenvalue weighted by atomic mass is 9.96. The van der Waals surface area contributed by atoms with Crippen LogP contribution >= 0.6 is 0 Å². The SMILES string of the molecule is CCc1nn(C)c(CC)c1CNCC(C)(O)c1ccc(F)cc1. The largest absolute Gasteiger partial charge is 0.384 e. The van der Waals surface area contributed by atoms with Gasteiger partial charge in [0.2, 0.25) is 0 Å². The highest BCUT2D eigenvalue weighted by molar-refractivity contribution is 5.27. The lowest BCUT2D eigenvalue weighted by molar-refractivity contribution is 0.0565. The topological polar surface area (TPSA) is 50.1 Å². The van der Waals surface area contributed by atoms with Gasteiger partial charge >= 0.3 is 0 Å². The summed E-state index contributed by atoms with van der Waals surface area (Å²) in [5.74, 6) is -0.298. The average Bonchev–Trinajstić information content (AvgIpc) is 2.82. The highest BCUT2D eigenvalue weighted by Crippen LogP contribution is 2.21. The van der Waals surface area contributed by atoms with Gasteiger partial charge in [-0.25, -0.2) is 4.39 Å². The zero-order valence-corrected chi connectivity index (χ0v) is 14.4.